The van der Waals surface area contributed by atoms with Crippen LogP contribution in [0.2, 0.25) is 0 Å². The lowest BCUT2D eigenvalue weighted by atomic mass is 9.86. The Morgan fingerprint density at radius 2 is 2.07 bits per heavy atom. The third-order valence-electron chi connectivity index (χ3n) is 3.04. The van der Waals surface area contributed by atoms with E-state index in [1.54, 1.807) is 7.05 Å². The van der Waals surface area contributed by atoms with E-state index in [1.807, 2.05) is 7.05 Å². The van der Waals surface area contributed by atoms with Crippen LogP contribution in [0.5, 0.6) is 0 Å². The number of hydrogen-bond donors (Lipinski definition) is 1. The Morgan fingerprint density at radius 3 is 2.53 bits per heavy atom. The Morgan fingerprint density at radius 1 is 1.40 bits per heavy atom. The summed E-state index contributed by atoms with van der Waals surface area (Å²) in [6.07, 6.45) is 4.33. The molecule has 0 bridgehead atoms. The Balaban J connectivity index is 2.30. The molecule has 0 aromatic carbocycles. The maximum Gasteiger partial charge on any atom is 0.213 e. The van der Waals surface area contributed by atoms with Gasteiger partial charge in [0.25, 0.3) is 0 Å². The third kappa shape index (κ3) is 4.09. The van der Waals surface area contributed by atoms with E-state index in [-0.39, 0.29) is 5.75 Å². The van der Waals surface area contributed by atoms with Gasteiger partial charge in [-0.2, -0.15) is 0 Å². The van der Waals surface area contributed by atoms with E-state index in [0.717, 1.165) is 6.54 Å². The zero-order valence-corrected chi connectivity index (χ0v) is 10.5. The highest BCUT2D eigenvalue weighted by atomic mass is 32.2. The van der Waals surface area contributed by atoms with E-state index in [4.69, 9.17) is 0 Å². The lowest BCUT2D eigenvalue weighted by Crippen LogP contribution is -2.36. The van der Waals surface area contributed by atoms with Crippen LogP contribution in [-0.2, 0) is 10.0 Å². The van der Waals surface area contributed by atoms with Gasteiger partial charge in [0, 0.05) is 13.6 Å². The monoisotopic (exact) mass is 234 g/mol. The van der Waals surface area contributed by atoms with Crippen molar-refractivity contribution in [2.75, 3.05) is 32.9 Å². The summed E-state index contributed by atoms with van der Waals surface area (Å²) in [4.78, 5) is 0. The second-order valence-corrected chi connectivity index (χ2v) is 6.55. The van der Waals surface area contributed by atoms with Crippen LogP contribution in [-0.4, -0.2) is 45.7 Å². The predicted molar refractivity (Wildman–Crippen MR) is 62.3 cm³/mol. The molecule has 1 aliphatic carbocycles. The molecule has 90 valence electrons. The van der Waals surface area contributed by atoms with Gasteiger partial charge in [0.15, 0.2) is 0 Å². The first-order valence-corrected chi connectivity index (χ1v) is 7.26. The standard InChI is InChI=1S/C10H22N2O2S/c1-11-7-4-8-15(13,14)12(2)9-10-5-3-6-10/h10-11H,3-9H2,1-2H3. The van der Waals surface area contributed by atoms with Gasteiger partial charge < -0.3 is 5.32 Å². The molecule has 5 heteroatoms. The minimum atomic E-state index is -3.01. The highest BCUT2D eigenvalue weighted by Gasteiger charge is 2.24. The topological polar surface area (TPSA) is 49.4 Å². The largest absolute Gasteiger partial charge is 0.320 e. The van der Waals surface area contributed by atoms with Crippen molar-refractivity contribution in [3.05, 3.63) is 0 Å². The third-order valence-corrected chi connectivity index (χ3v) is 4.95. The van der Waals surface area contributed by atoms with Gasteiger partial charge in [-0.05, 0) is 38.8 Å². The van der Waals surface area contributed by atoms with E-state index in [1.165, 1.54) is 23.6 Å². The first kappa shape index (κ1) is 12.9. The number of nitrogens with zero attached hydrogens (tertiary/aromatic N) is 1. The minimum absolute atomic E-state index is 0.261. The molecular weight excluding hydrogens is 212 g/mol. The van der Waals surface area contributed by atoms with E-state index < -0.39 is 10.0 Å². The summed E-state index contributed by atoms with van der Waals surface area (Å²) in [5, 5.41) is 2.96. The fourth-order valence-electron chi connectivity index (χ4n) is 1.74. The van der Waals surface area contributed by atoms with Gasteiger partial charge in [0.2, 0.25) is 10.0 Å². The van der Waals surface area contributed by atoms with Crippen LogP contribution in [0, 0.1) is 5.92 Å². The highest BCUT2D eigenvalue weighted by Crippen LogP contribution is 2.27. The van der Waals surface area contributed by atoms with Crippen molar-refractivity contribution in [3.63, 3.8) is 0 Å². The molecule has 0 amide bonds. The van der Waals surface area contributed by atoms with Crippen LogP contribution in [0.1, 0.15) is 25.7 Å². The maximum absolute atomic E-state index is 11.8. The highest BCUT2D eigenvalue weighted by molar-refractivity contribution is 7.89. The van der Waals surface area contributed by atoms with Crippen molar-refractivity contribution < 1.29 is 8.42 Å². The van der Waals surface area contributed by atoms with Crippen LogP contribution in [0.15, 0.2) is 0 Å². The molecule has 1 rings (SSSR count). The van der Waals surface area contributed by atoms with Crippen LogP contribution in [0.4, 0.5) is 0 Å². The molecule has 1 fully saturated rings. The number of nitrogens with one attached hydrogen (secondary N) is 1. The van der Waals surface area contributed by atoms with Gasteiger partial charge in [0.1, 0.15) is 0 Å². The van der Waals surface area contributed by atoms with Crippen LogP contribution in [0.25, 0.3) is 0 Å². The van der Waals surface area contributed by atoms with E-state index in [9.17, 15) is 8.42 Å². The van der Waals surface area contributed by atoms with Crippen molar-refractivity contribution >= 4 is 10.0 Å². The summed E-state index contributed by atoms with van der Waals surface area (Å²) in [7, 11) is 0.529. The lowest BCUT2D eigenvalue weighted by molar-refractivity contribution is 0.263. The fourth-order valence-corrected chi connectivity index (χ4v) is 3.00. The van der Waals surface area contributed by atoms with E-state index in [2.05, 4.69) is 5.32 Å². The summed E-state index contributed by atoms with van der Waals surface area (Å²) in [5.41, 5.74) is 0. The number of rotatable bonds is 7. The van der Waals surface area contributed by atoms with Crippen LogP contribution in [0.3, 0.4) is 0 Å². The molecule has 0 aliphatic heterocycles. The van der Waals surface area contributed by atoms with Gasteiger partial charge >= 0.3 is 0 Å². The average molecular weight is 234 g/mol. The molecule has 0 aromatic rings. The van der Waals surface area contributed by atoms with Gasteiger partial charge in [0.05, 0.1) is 5.75 Å². The average Bonchev–Trinajstić information content (AvgIpc) is 2.11. The van der Waals surface area contributed by atoms with Gasteiger partial charge in [-0.25, -0.2) is 12.7 Å². The van der Waals surface area contributed by atoms with Crippen molar-refractivity contribution in [1.82, 2.24) is 9.62 Å². The molecule has 1 saturated carbocycles. The molecule has 0 saturated heterocycles. The summed E-state index contributed by atoms with van der Waals surface area (Å²) in [6.45, 7) is 1.47. The van der Waals surface area contributed by atoms with E-state index in [0.29, 0.717) is 18.9 Å². The summed E-state index contributed by atoms with van der Waals surface area (Å²) >= 11 is 0. The molecule has 0 atom stereocenters. The van der Waals surface area contributed by atoms with Crippen LogP contribution >= 0.6 is 0 Å². The summed E-state index contributed by atoms with van der Waals surface area (Å²) in [5.74, 6) is 0.867. The lowest BCUT2D eigenvalue weighted by Gasteiger charge is -2.29. The van der Waals surface area contributed by atoms with Crippen molar-refractivity contribution in [2.45, 2.75) is 25.7 Å². The molecule has 15 heavy (non-hydrogen) atoms. The Bertz CT molecular complexity index is 273. The Labute approximate surface area is 93.1 Å². The fraction of sp³-hybridized carbons (Fsp3) is 1.00. The molecular formula is C10H22N2O2S. The van der Waals surface area contributed by atoms with Crippen LogP contribution < -0.4 is 5.32 Å². The SMILES string of the molecule is CNCCCS(=O)(=O)N(C)CC1CCC1. The Kier molecular flexibility index (Phi) is 5.02. The van der Waals surface area contributed by atoms with Gasteiger partial charge in [-0.3, -0.25) is 0 Å². The maximum atomic E-state index is 11.8. The molecule has 0 unspecified atom stereocenters. The molecule has 0 heterocycles. The quantitative estimate of drug-likeness (QED) is 0.658. The zero-order valence-electron chi connectivity index (χ0n) is 9.70. The first-order valence-electron chi connectivity index (χ1n) is 5.65. The Hall–Kier alpha value is -0.130. The number of sulfonamides is 1. The van der Waals surface area contributed by atoms with Gasteiger partial charge in [-0.1, -0.05) is 6.42 Å². The predicted octanol–water partition coefficient (Wildman–Crippen LogP) is 0.658. The molecule has 0 aromatic heterocycles. The summed E-state index contributed by atoms with van der Waals surface area (Å²) < 4.78 is 25.1. The normalized spacial score (nSPS) is 18.1. The molecule has 0 radical (unpaired) electrons. The van der Waals surface area contributed by atoms with Crippen molar-refractivity contribution in [1.29, 1.82) is 0 Å². The van der Waals surface area contributed by atoms with E-state index >= 15 is 0 Å². The zero-order chi connectivity index (χ0) is 11.3. The molecule has 4 nitrogen and oxygen atoms in total. The molecule has 1 N–H and O–H groups in total. The van der Waals surface area contributed by atoms with Crippen molar-refractivity contribution in [3.8, 4) is 0 Å². The molecule has 1 aliphatic rings. The van der Waals surface area contributed by atoms with Crippen molar-refractivity contribution in [2.24, 2.45) is 5.92 Å². The summed E-state index contributed by atoms with van der Waals surface area (Å²) in [6, 6.07) is 0. The second-order valence-electron chi connectivity index (χ2n) is 4.35. The minimum Gasteiger partial charge on any atom is -0.320 e. The first-order chi connectivity index (χ1) is 7.06. The second kappa shape index (κ2) is 5.82. The van der Waals surface area contributed by atoms with Gasteiger partial charge in [-0.15, -0.1) is 0 Å². The molecule has 0 spiro atoms. The smallest absolute Gasteiger partial charge is 0.213 e. The number of hydrogen-bond acceptors (Lipinski definition) is 3.